The van der Waals surface area contributed by atoms with E-state index in [-0.39, 0.29) is 0 Å². The minimum absolute atomic E-state index is 0.740. The molecule has 0 amide bonds. The zero-order valence-electron chi connectivity index (χ0n) is 14.1. The Balaban J connectivity index is 2.06. The molecule has 0 aliphatic heterocycles. The lowest BCUT2D eigenvalue weighted by Crippen LogP contribution is -2.13. The van der Waals surface area contributed by atoms with Gasteiger partial charge >= 0.3 is 0 Å². The summed E-state index contributed by atoms with van der Waals surface area (Å²) in [5.74, 6) is 1.67. The van der Waals surface area contributed by atoms with E-state index in [1.165, 1.54) is 60.5 Å². The SMILES string of the molecule is CCCNCc1sc(C2CCCC(CC)C2)nc1CCC. The van der Waals surface area contributed by atoms with Crippen molar-refractivity contribution >= 4 is 11.3 Å². The molecule has 1 saturated carbocycles. The minimum Gasteiger partial charge on any atom is -0.312 e. The Kier molecular flexibility index (Phi) is 7.18. The van der Waals surface area contributed by atoms with Gasteiger partial charge in [0.05, 0.1) is 10.7 Å². The molecule has 1 fully saturated rings. The number of hydrogen-bond donors (Lipinski definition) is 1. The summed E-state index contributed by atoms with van der Waals surface area (Å²) in [5.41, 5.74) is 1.37. The zero-order valence-corrected chi connectivity index (χ0v) is 14.9. The molecule has 2 unspecified atom stereocenters. The molecule has 120 valence electrons. The van der Waals surface area contributed by atoms with Crippen LogP contribution in [0, 0.1) is 5.92 Å². The van der Waals surface area contributed by atoms with Crippen molar-refractivity contribution in [1.29, 1.82) is 0 Å². The van der Waals surface area contributed by atoms with Crippen LogP contribution in [0.5, 0.6) is 0 Å². The highest BCUT2D eigenvalue weighted by atomic mass is 32.1. The fourth-order valence-electron chi connectivity index (χ4n) is 3.41. The van der Waals surface area contributed by atoms with E-state index in [2.05, 4.69) is 26.1 Å². The third-order valence-electron chi connectivity index (χ3n) is 4.70. The molecule has 1 aliphatic rings. The molecular weight excluding hydrogens is 276 g/mol. The van der Waals surface area contributed by atoms with Gasteiger partial charge in [0.1, 0.15) is 0 Å². The normalized spacial score (nSPS) is 22.6. The lowest BCUT2D eigenvalue weighted by molar-refractivity contribution is 0.314. The molecule has 21 heavy (non-hydrogen) atoms. The second-order valence-electron chi connectivity index (χ2n) is 6.49. The van der Waals surface area contributed by atoms with Gasteiger partial charge in [-0.15, -0.1) is 11.3 Å². The number of rotatable bonds is 8. The van der Waals surface area contributed by atoms with Crippen LogP contribution in [-0.4, -0.2) is 11.5 Å². The van der Waals surface area contributed by atoms with Gasteiger partial charge in [0, 0.05) is 17.3 Å². The van der Waals surface area contributed by atoms with E-state index >= 15 is 0 Å². The molecule has 0 radical (unpaired) electrons. The largest absolute Gasteiger partial charge is 0.312 e. The van der Waals surface area contributed by atoms with E-state index in [9.17, 15) is 0 Å². The fraction of sp³-hybridized carbons (Fsp3) is 0.833. The molecule has 1 N–H and O–H groups in total. The van der Waals surface area contributed by atoms with Crippen LogP contribution in [0.25, 0.3) is 0 Å². The van der Waals surface area contributed by atoms with Crippen molar-refractivity contribution in [3.05, 3.63) is 15.6 Å². The fourth-order valence-corrected chi connectivity index (χ4v) is 4.64. The predicted molar refractivity (Wildman–Crippen MR) is 93.1 cm³/mol. The highest BCUT2D eigenvalue weighted by Crippen LogP contribution is 2.39. The van der Waals surface area contributed by atoms with E-state index in [1.54, 1.807) is 0 Å². The first-order valence-electron chi connectivity index (χ1n) is 8.97. The lowest BCUT2D eigenvalue weighted by atomic mass is 9.80. The molecule has 0 spiro atoms. The molecule has 2 atom stereocenters. The van der Waals surface area contributed by atoms with Gasteiger partial charge < -0.3 is 5.32 Å². The van der Waals surface area contributed by atoms with Gasteiger partial charge in [-0.05, 0) is 38.1 Å². The van der Waals surface area contributed by atoms with Crippen LogP contribution in [0.2, 0.25) is 0 Å². The molecule has 1 aromatic heterocycles. The Morgan fingerprint density at radius 1 is 1.19 bits per heavy atom. The van der Waals surface area contributed by atoms with Crippen LogP contribution in [0.15, 0.2) is 0 Å². The monoisotopic (exact) mass is 308 g/mol. The molecule has 0 bridgehead atoms. The Labute approximate surface area is 134 Å². The summed E-state index contributed by atoms with van der Waals surface area (Å²) in [6, 6.07) is 0. The summed E-state index contributed by atoms with van der Waals surface area (Å²) < 4.78 is 0. The minimum atomic E-state index is 0.740. The molecule has 1 heterocycles. The quantitative estimate of drug-likeness (QED) is 0.661. The predicted octanol–water partition coefficient (Wildman–Crippen LogP) is 5.28. The smallest absolute Gasteiger partial charge is 0.0962 e. The molecule has 1 aliphatic carbocycles. The maximum absolute atomic E-state index is 5.05. The van der Waals surface area contributed by atoms with Crippen LogP contribution in [0.4, 0.5) is 0 Å². The van der Waals surface area contributed by atoms with Crippen molar-refractivity contribution in [3.63, 3.8) is 0 Å². The Hall–Kier alpha value is -0.410. The Morgan fingerprint density at radius 3 is 2.76 bits per heavy atom. The van der Waals surface area contributed by atoms with Crippen LogP contribution in [0.1, 0.15) is 87.2 Å². The summed E-state index contributed by atoms with van der Waals surface area (Å²) in [6.45, 7) is 8.96. The number of aryl methyl sites for hydroxylation is 1. The molecule has 3 heteroatoms. The van der Waals surface area contributed by atoms with Gasteiger partial charge in [-0.3, -0.25) is 0 Å². The zero-order chi connectivity index (χ0) is 15.1. The van der Waals surface area contributed by atoms with Gasteiger partial charge in [0.15, 0.2) is 0 Å². The van der Waals surface area contributed by atoms with Gasteiger partial charge in [0.2, 0.25) is 0 Å². The topological polar surface area (TPSA) is 24.9 Å². The number of aromatic nitrogens is 1. The van der Waals surface area contributed by atoms with Gasteiger partial charge in [-0.25, -0.2) is 4.98 Å². The van der Waals surface area contributed by atoms with Crippen molar-refractivity contribution in [2.45, 2.75) is 84.6 Å². The average Bonchev–Trinajstić information content (AvgIpc) is 2.91. The van der Waals surface area contributed by atoms with E-state index < -0.39 is 0 Å². The maximum Gasteiger partial charge on any atom is 0.0962 e. The summed E-state index contributed by atoms with van der Waals surface area (Å²) in [5, 5.41) is 4.99. The molecule has 2 rings (SSSR count). The first-order chi connectivity index (χ1) is 10.3. The number of thiazole rings is 1. The summed E-state index contributed by atoms with van der Waals surface area (Å²) >= 11 is 2.00. The van der Waals surface area contributed by atoms with E-state index in [1.807, 2.05) is 11.3 Å². The second-order valence-corrected chi connectivity index (χ2v) is 7.60. The van der Waals surface area contributed by atoms with Crippen molar-refractivity contribution in [2.24, 2.45) is 5.92 Å². The van der Waals surface area contributed by atoms with Crippen LogP contribution in [-0.2, 0) is 13.0 Å². The van der Waals surface area contributed by atoms with Crippen LogP contribution in [0.3, 0.4) is 0 Å². The molecule has 2 nitrogen and oxygen atoms in total. The second kappa shape index (κ2) is 8.89. The molecule has 0 aromatic carbocycles. The molecule has 0 saturated heterocycles. The Bertz CT molecular complexity index is 413. The summed E-state index contributed by atoms with van der Waals surface area (Å²) in [6.07, 6.45) is 10.5. The van der Waals surface area contributed by atoms with E-state index in [0.29, 0.717) is 0 Å². The third kappa shape index (κ3) is 4.79. The highest BCUT2D eigenvalue weighted by Gasteiger charge is 2.25. The van der Waals surface area contributed by atoms with Gasteiger partial charge in [-0.2, -0.15) is 0 Å². The number of nitrogens with zero attached hydrogens (tertiary/aromatic N) is 1. The van der Waals surface area contributed by atoms with Gasteiger partial charge in [-0.1, -0.05) is 46.5 Å². The van der Waals surface area contributed by atoms with Crippen molar-refractivity contribution in [2.75, 3.05) is 6.54 Å². The van der Waals surface area contributed by atoms with Crippen molar-refractivity contribution in [1.82, 2.24) is 10.3 Å². The van der Waals surface area contributed by atoms with E-state index in [4.69, 9.17) is 4.98 Å². The first-order valence-corrected chi connectivity index (χ1v) is 9.79. The first kappa shape index (κ1) is 17.0. The Morgan fingerprint density at radius 2 is 2.05 bits per heavy atom. The molecule has 1 aromatic rings. The summed E-state index contributed by atoms with van der Waals surface area (Å²) in [4.78, 5) is 6.55. The summed E-state index contributed by atoms with van der Waals surface area (Å²) in [7, 11) is 0. The van der Waals surface area contributed by atoms with Crippen molar-refractivity contribution < 1.29 is 0 Å². The van der Waals surface area contributed by atoms with E-state index in [0.717, 1.165) is 31.3 Å². The number of nitrogens with one attached hydrogen (secondary N) is 1. The standard InChI is InChI=1S/C18H32N2S/c1-4-8-16-17(13-19-11-5-2)21-18(20-16)15-10-7-9-14(6-3)12-15/h14-15,19H,4-13H2,1-3H3. The molecular formula is C18H32N2S. The number of hydrogen-bond acceptors (Lipinski definition) is 3. The third-order valence-corrected chi connectivity index (χ3v) is 5.96. The van der Waals surface area contributed by atoms with Gasteiger partial charge in [0.25, 0.3) is 0 Å². The maximum atomic E-state index is 5.05. The average molecular weight is 309 g/mol. The highest BCUT2D eigenvalue weighted by molar-refractivity contribution is 7.11. The lowest BCUT2D eigenvalue weighted by Gasteiger charge is -2.26. The van der Waals surface area contributed by atoms with Crippen molar-refractivity contribution in [3.8, 4) is 0 Å². The van der Waals surface area contributed by atoms with Crippen LogP contribution < -0.4 is 5.32 Å². The van der Waals surface area contributed by atoms with Crippen LogP contribution >= 0.6 is 11.3 Å².